The normalized spacial score (nSPS) is 24.3. The largest absolute Gasteiger partial charge is 0.442 e. The summed E-state index contributed by atoms with van der Waals surface area (Å²) in [5, 5.41) is 4.77. The van der Waals surface area contributed by atoms with Crippen LogP contribution in [0.4, 0.5) is 10.5 Å². The SMILES string of the molecule is O=C(NN1CC(CN2CCOCC2)OC1=O)c1cc(NC(=O)[C@@H]2[C@@H](c3cc(Cl)cc(Cl)c3)C2(Cl)Cl)ccc1Cl. The first-order chi connectivity index (χ1) is 18.5. The summed E-state index contributed by atoms with van der Waals surface area (Å²) < 4.78 is 9.37. The van der Waals surface area contributed by atoms with Crippen molar-refractivity contribution in [3.05, 3.63) is 62.6 Å². The second-order valence-corrected chi connectivity index (χ2v) is 12.2. The number of hydrogen-bond acceptors (Lipinski definition) is 6. The molecule has 3 aliphatic rings. The van der Waals surface area contributed by atoms with Crippen LogP contribution in [0.2, 0.25) is 15.1 Å². The van der Waals surface area contributed by atoms with E-state index < -0.39 is 40.2 Å². The van der Waals surface area contributed by atoms with Crippen LogP contribution >= 0.6 is 58.0 Å². The van der Waals surface area contributed by atoms with E-state index in [2.05, 4.69) is 15.6 Å². The fraction of sp³-hybridized carbons (Fsp3) is 0.400. The molecule has 2 heterocycles. The average molecular weight is 637 g/mol. The molecule has 0 spiro atoms. The van der Waals surface area contributed by atoms with Crippen LogP contribution in [-0.4, -0.2) is 77.6 Å². The summed E-state index contributed by atoms with van der Waals surface area (Å²) >= 11 is 31.3. The van der Waals surface area contributed by atoms with Gasteiger partial charge in [0.1, 0.15) is 10.4 Å². The van der Waals surface area contributed by atoms with Crippen molar-refractivity contribution in [2.24, 2.45) is 5.92 Å². The van der Waals surface area contributed by atoms with Crippen LogP contribution in [0.5, 0.6) is 0 Å². The topological polar surface area (TPSA) is 100 Å². The summed E-state index contributed by atoms with van der Waals surface area (Å²) in [5.41, 5.74) is 3.52. The minimum absolute atomic E-state index is 0.0517. The first-order valence-corrected chi connectivity index (χ1v) is 14.0. The molecule has 3 fully saturated rings. The summed E-state index contributed by atoms with van der Waals surface area (Å²) in [4.78, 5) is 40.5. The van der Waals surface area contributed by atoms with Gasteiger partial charge in [-0.05, 0) is 42.0 Å². The number of nitrogens with zero attached hydrogens (tertiary/aromatic N) is 2. The monoisotopic (exact) mass is 634 g/mol. The zero-order chi connectivity index (χ0) is 27.9. The molecule has 0 radical (unpaired) electrons. The standard InChI is InChI=1S/C25H23Cl5N4O5/c26-14-7-13(8-15(27)9-14)20-21(25(20,29)30)23(36)31-16-1-2-19(28)18(10-16)22(35)32-34-12-17(39-24(34)37)11-33-3-5-38-6-4-33/h1-2,7-10,17,20-21H,3-6,11-12H2,(H,31,36)(H,32,35)/t17?,20-,21+/m1/s1. The predicted octanol–water partition coefficient (Wildman–Crippen LogP) is 4.97. The zero-order valence-corrected chi connectivity index (χ0v) is 24.0. The summed E-state index contributed by atoms with van der Waals surface area (Å²) in [7, 11) is 0. The number of amides is 3. The molecule has 39 heavy (non-hydrogen) atoms. The van der Waals surface area contributed by atoms with Crippen molar-refractivity contribution in [3.63, 3.8) is 0 Å². The van der Waals surface area contributed by atoms with E-state index in [-0.39, 0.29) is 17.1 Å². The summed E-state index contributed by atoms with van der Waals surface area (Å²) in [5.74, 6) is -2.41. The maximum absolute atomic E-state index is 13.1. The quantitative estimate of drug-likeness (QED) is 0.417. The molecule has 2 N–H and O–H groups in total. The van der Waals surface area contributed by atoms with Crippen molar-refractivity contribution < 1.29 is 23.9 Å². The van der Waals surface area contributed by atoms with E-state index in [4.69, 9.17) is 67.5 Å². The highest BCUT2D eigenvalue weighted by Crippen LogP contribution is 2.65. The number of carbonyl (C=O) groups excluding carboxylic acids is 3. The number of ether oxygens (including phenoxy) is 2. The lowest BCUT2D eigenvalue weighted by atomic mass is 10.1. The third-order valence-electron chi connectivity index (χ3n) is 6.73. The third kappa shape index (κ3) is 6.35. The number of anilines is 1. The van der Waals surface area contributed by atoms with E-state index in [1.807, 2.05) is 0 Å². The number of benzene rings is 2. The van der Waals surface area contributed by atoms with E-state index >= 15 is 0 Å². The van der Waals surface area contributed by atoms with Crippen LogP contribution < -0.4 is 10.7 Å². The number of morpholine rings is 1. The fourth-order valence-electron chi connectivity index (χ4n) is 4.78. The molecule has 208 valence electrons. The van der Waals surface area contributed by atoms with Gasteiger partial charge in [0.2, 0.25) is 5.91 Å². The minimum Gasteiger partial charge on any atom is -0.442 e. The smallest absolute Gasteiger partial charge is 0.429 e. The molecule has 1 unspecified atom stereocenters. The predicted molar refractivity (Wildman–Crippen MR) is 149 cm³/mol. The average Bonchev–Trinajstić information content (AvgIpc) is 3.30. The van der Waals surface area contributed by atoms with E-state index in [0.717, 1.165) is 18.1 Å². The van der Waals surface area contributed by atoms with Crippen LogP contribution in [0.25, 0.3) is 0 Å². The van der Waals surface area contributed by atoms with Crippen LogP contribution in [0, 0.1) is 5.92 Å². The minimum atomic E-state index is -1.36. The van der Waals surface area contributed by atoms with E-state index in [9.17, 15) is 14.4 Å². The van der Waals surface area contributed by atoms with Gasteiger partial charge < -0.3 is 14.8 Å². The highest BCUT2D eigenvalue weighted by atomic mass is 35.5. The van der Waals surface area contributed by atoms with E-state index in [1.165, 1.54) is 18.2 Å². The molecule has 5 rings (SSSR count). The van der Waals surface area contributed by atoms with Crippen LogP contribution in [-0.2, 0) is 14.3 Å². The van der Waals surface area contributed by atoms with Gasteiger partial charge in [-0.3, -0.25) is 19.9 Å². The lowest BCUT2D eigenvalue weighted by Gasteiger charge is -2.27. The Bertz CT molecular complexity index is 1290. The molecule has 0 aromatic heterocycles. The van der Waals surface area contributed by atoms with Gasteiger partial charge in [-0.25, -0.2) is 9.80 Å². The molecule has 14 heteroatoms. The van der Waals surface area contributed by atoms with Crippen molar-refractivity contribution in [2.45, 2.75) is 16.4 Å². The molecule has 1 saturated carbocycles. The third-order valence-corrected chi connectivity index (χ3v) is 8.44. The Balaban J connectivity index is 1.22. The van der Waals surface area contributed by atoms with Crippen molar-refractivity contribution in [1.29, 1.82) is 0 Å². The van der Waals surface area contributed by atoms with Crippen molar-refractivity contribution in [1.82, 2.24) is 15.3 Å². The fourth-order valence-corrected chi connectivity index (χ4v) is 6.36. The van der Waals surface area contributed by atoms with Gasteiger partial charge in [0.25, 0.3) is 5.91 Å². The zero-order valence-electron chi connectivity index (χ0n) is 20.3. The van der Waals surface area contributed by atoms with Crippen molar-refractivity contribution >= 4 is 81.6 Å². The van der Waals surface area contributed by atoms with Gasteiger partial charge in [-0.1, -0.05) is 34.8 Å². The molecule has 0 bridgehead atoms. The number of alkyl halides is 2. The Morgan fingerprint density at radius 2 is 1.72 bits per heavy atom. The highest BCUT2D eigenvalue weighted by molar-refractivity contribution is 6.53. The molecule has 3 atom stereocenters. The molecular weight excluding hydrogens is 614 g/mol. The first-order valence-electron chi connectivity index (χ1n) is 12.1. The number of nitrogens with one attached hydrogen (secondary N) is 2. The van der Waals surface area contributed by atoms with Gasteiger partial charge in [0.15, 0.2) is 0 Å². The lowest BCUT2D eigenvalue weighted by molar-refractivity contribution is -0.117. The maximum Gasteiger partial charge on any atom is 0.429 e. The van der Waals surface area contributed by atoms with Gasteiger partial charge in [-0.2, -0.15) is 0 Å². The van der Waals surface area contributed by atoms with Crippen molar-refractivity contribution in [3.8, 4) is 0 Å². The summed E-state index contributed by atoms with van der Waals surface area (Å²) in [6.07, 6.45) is -1.06. The number of halogens is 5. The van der Waals surface area contributed by atoms with Gasteiger partial charge in [0.05, 0.1) is 36.3 Å². The molecule has 3 amide bonds. The van der Waals surface area contributed by atoms with Gasteiger partial charge >= 0.3 is 6.09 Å². The second kappa shape index (κ2) is 11.5. The van der Waals surface area contributed by atoms with Crippen LogP contribution in [0.15, 0.2) is 36.4 Å². The number of hydrogen-bond donors (Lipinski definition) is 2. The lowest BCUT2D eigenvalue weighted by Crippen LogP contribution is -2.45. The van der Waals surface area contributed by atoms with Gasteiger partial charge in [-0.15, -0.1) is 23.2 Å². The number of hydrazine groups is 1. The molecule has 9 nitrogen and oxygen atoms in total. The van der Waals surface area contributed by atoms with Crippen LogP contribution in [0.3, 0.4) is 0 Å². The number of cyclic esters (lactones) is 1. The molecule has 2 aliphatic heterocycles. The first kappa shape index (κ1) is 28.5. The summed E-state index contributed by atoms with van der Waals surface area (Å²) in [6, 6.07) is 9.29. The van der Waals surface area contributed by atoms with E-state index in [1.54, 1.807) is 18.2 Å². The molecule has 1 aliphatic carbocycles. The number of rotatable bonds is 7. The van der Waals surface area contributed by atoms with Crippen LogP contribution in [0.1, 0.15) is 21.8 Å². The number of carbonyl (C=O) groups is 3. The Kier molecular flexibility index (Phi) is 8.41. The Morgan fingerprint density at radius 1 is 1.03 bits per heavy atom. The second-order valence-electron chi connectivity index (χ2n) is 9.49. The molecular formula is C25H23Cl5N4O5. The highest BCUT2D eigenvalue weighted by Gasteiger charge is 2.67. The van der Waals surface area contributed by atoms with Crippen molar-refractivity contribution in [2.75, 3.05) is 44.7 Å². The maximum atomic E-state index is 13.1. The molecule has 2 saturated heterocycles. The summed E-state index contributed by atoms with van der Waals surface area (Å²) in [6.45, 7) is 3.46. The Hall–Kier alpha value is -1.98. The molecule has 2 aromatic rings. The van der Waals surface area contributed by atoms with E-state index in [0.29, 0.717) is 41.1 Å². The Labute approximate surface area is 249 Å². The van der Waals surface area contributed by atoms with Gasteiger partial charge in [0, 0.05) is 41.3 Å². The molecule has 2 aromatic carbocycles. The Morgan fingerprint density at radius 3 is 2.41 bits per heavy atom.